The van der Waals surface area contributed by atoms with E-state index in [9.17, 15) is 14.4 Å². The molecule has 0 aliphatic heterocycles. The van der Waals surface area contributed by atoms with Crippen LogP contribution >= 0.6 is 0 Å². The van der Waals surface area contributed by atoms with E-state index in [0.29, 0.717) is 19.3 Å². The number of esters is 3. The van der Waals surface area contributed by atoms with Crippen molar-refractivity contribution in [3.8, 4) is 0 Å². The Morgan fingerprint density at radius 3 is 0.850 bits per heavy atom. The zero-order valence-electron chi connectivity index (χ0n) is 40.2. The molecule has 0 aromatic heterocycles. The van der Waals surface area contributed by atoms with Crippen LogP contribution in [0.25, 0.3) is 0 Å². The first-order valence-corrected chi connectivity index (χ1v) is 26.3. The molecule has 0 spiro atoms. The van der Waals surface area contributed by atoms with Gasteiger partial charge in [0.15, 0.2) is 6.10 Å². The van der Waals surface area contributed by atoms with Gasteiger partial charge in [0.05, 0.1) is 0 Å². The van der Waals surface area contributed by atoms with E-state index in [4.69, 9.17) is 14.2 Å². The maximum atomic E-state index is 12.8. The Balaban J connectivity index is 4.34. The molecule has 0 saturated heterocycles. The van der Waals surface area contributed by atoms with Gasteiger partial charge in [0.1, 0.15) is 13.2 Å². The van der Waals surface area contributed by atoms with Crippen LogP contribution in [-0.2, 0) is 28.6 Å². The summed E-state index contributed by atoms with van der Waals surface area (Å²) in [5.41, 5.74) is 0. The molecule has 0 N–H and O–H groups in total. The van der Waals surface area contributed by atoms with Crippen LogP contribution in [0.1, 0.15) is 284 Å². The molecule has 0 unspecified atom stereocenters. The van der Waals surface area contributed by atoms with Crippen molar-refractivity contribution in [1.82, 2.24) is 0 Å². The second-order valence-corrected chi connectivity index (χ2v) is 17.8. The molecule has 0 aliphatic carbocycles. The van der Waals surface area contributed by atoms with E-state index in [2.05, 4.69) is 45.1 Å². The van der Waals surface area contributed by atoms with Crippen molar-refractivity contribution in [2.24, 2.45) is 0 Å². The first-order chi connectivity index (χ1) is 29.5. The van der Waals surface area contributed by atoms with Gasteiger partial charge in [-0.1, -0.05) is 218 Å². The molecule has 6 heteroatoms. The molecule has 0 aromatic rings. The summed E-state index contributed by atoms with van der Waals surface area (Å²) in [6.45, 7) is 6.62. The molecular formula is C54H100O6. The normalized spacial score (nSPS) is 12.1. The van der Waals surface area contributed by atoms with Crippen LogP contribution < -0.4 is 0 Å². The van der Waals surface area contributed by atoms with Gasteiger partial charge in [-0.05, 0) is 70.6 Å². The summed E-state index contributed by atoms with van der Waals surface area (Å²) in [5.74, 6) is -0.878. The summed E-state index contributed by atoms with van der Waals surface area (Å²) < 4.78 is 16.8. The van der Waals surface area contributed by atoms with Crippen molar-refractivity contribution < 1.29 is 28.6 Å². The van der Waals surface area contributed by atoms with Gasteiger partial charge in [-0.25, -0.2) is 0 Å². The summed E-state index contributed by atoms with van der Waals surface area (Å²) in [5, 5.41) is 0. The lowest BCUT2D eigenvalue weighted by atomic mass is 10.0. The molecule has 0 heterocycles. The number of ether oxygens (including phenoxy) is 3. The molecule has 0 fully saturated rings. The van der Waals surface area contributed by atoms with Crippen molar-refractivity contribution in [2.75, 3.05) is 13.2 Å². The molecule has 60 heavy (non-hydrogen) atoms. The van der Waals surface area contributed by atoms with Crippen LogP contribution in [0, 0.1) is 0 Å². The number of carbonyl (C=O) groups excluding carboxylic acids is 3. The fourth-order valence-electron chi connectivity index (χ4n) is 7.67. The monoisotopic (exact) mass is 845 g/mol. The highest BCUT2D eigenvalue weighted by Crippen LogP contribution is 2.16. The Kier molecular flexibility index (Phi) is 47.8. The second-order valence-electron chi connectivity index (χ2n) is 17.8. The first kappa shape index (κ1) is 57.9. The summed E-state index contributed by atoms with van der Waals surface area (Å²) in [6.07, 6.45) is 55.8. The number of hydrogen-bond acceptors (Lipinski definition) is 6. The van der Waals surface area contributed by atoms with Gasteiger partial charge >= 0.3 is 17.9 Å². The minimum absolute atomic E-state index is 0.0734. The summed E-state index contributed by atoms with van der Waals surface area (Å²) in [6, 6.07) is 0. The van der Waals surface area contributed by atoms with Gasteiger partial charge in [0, 0.05) is 19.3 Å². The number of rotatable bonds is 48. The second kappa shape index (κ2) is 49.5. The lowest BCUT2D eigenvalue weighted by Crippen LogP contribution is -2.30. The highest BCUT2D eigenvalue weighted by molar-refractivity contribution is 5.71. The third kappa shape index (κ3) is 46.9. The molecule has 0 saturated carbocycles. The molecular weight excluding hydrogens is 745 g/mol. The van der Waals surface area contributed by atoms with Crippen molar-refractivity contribution in [3.63, 3.8) is 0 Å². The lowest BCUT2D eigenvalue weighted by molar-refractivity contribution is -0.167. The molecule has 0 radical (unpaired) electrons. The van der Waals surface area contributed by atoms with E-state index in [-0.39, 0.29) is 31.1 Å². The van der Waals surface area contributed by atoms with Crippen molar-refractivity contribution in [1.29, 1.82) is 0 Å². The average Bonchev–Trinajstić information content (AvgIpc) is 3.24. The minimum atomic E-state index is -0.773. The molecule has 352 valence electrons. The van der Waals surface area contributed by atoms with E-state index >= 15 is 0 Å². The number of allylic oxidation sites excluding steroid dienone is 4. The van der Waals surface area contributed by atoms with Crippen molar-refractivity contribution >= 4 is 17.9 Å². The molecule has 1 atom stereocenters. The molecule has 0 amide bonds. The highest BCUT2D eigenvalue weighted by Gasteiger charge is 2.19. The first-order valence-electron chi connectivity index (χ1n) is 26.3. The van der Waals surface area contributed by atoms with Crippen LogP contribution in [0.2, 0.25) is 0 Å². The molecule has 6 nitrogen and oxygen atoms in total. The third-order valence-electron chi connectivity index (χ3n) is 11.7. The molecule has 0 aliphatic rings. The van der Waals surface area contributed by atoms with Crippen LogP contribution in [-0.4, -0.2) is 37.2 Å². The quantitative estimate of drug-likeness (QED) is 0.0263. The number of hydrogen-bond donors (Lipinski definition) is 0. The lowest BCUT2D eigenvalue weighted by Gasteiger charge is -2.18. The molecule has 0 aromatic carbocycles. The van der Waals surface area contributed by atoms with Gasteiger partial charge in [0.25, 0.3) is 0 Å². The van der Waals surface area contributed by atoms with Crippen LogP contribution in [0.4, 0.5) is 0 Å². The minimum Gasteiger partial charge on any atom is -0.462 e. The van der Waals surface area contributed by atoms with Gasteiger partial charge in [-0.2, -0.15) is 0 Å². The Bertz CT molecular complexity index is 973. The highest BCUT2D eigenvalue weighted by atomic mass is 16.6. The summed E-state index contributed by atoms with van der Waals surface area (Å²) >= 11 is 0. The molecule has 0 rings (SSSR count). The van der Waals surface area contributed by atoms with Crippen LogP contribution in [0.5, 0.6) is 0 Å². The fourth-order valence-corrected chi connectivity index (χ4v) is 7.67. The standard InChI is InChI=1S/C54H100O6/c1-4-7-10-13-16-19-22-25-26-27-30-32-35-38-41-44-47-53(56)59-50-51(60-54(57)48-45-42-39-36-33-29-24-21-18-15-12-9-6-3)49-58-52(55)46-43-40-37-34-31-28-23-20-17-14-11-8-5-2/h20-21,23-24,51H,4-19,22,25-50H2,1-3H3/b23-20+,24-21+/t51-/m1/s1. The smallest absolute Gasteiger partial charge is 0.306 e. The number of carbonyl (C=O) groups is 3. The van der Waals surface area contributed by atoms with Gasteiger partial charge in [0.2, 0.25) is 0 Å². The topological polar surface area (TPSA) is 78.9 Å². The van der Waals surface area contributed by atoms with Gasteiger partial charge in [-0.15, -0.1) is 0 Å². The maximum Gasteiger partial charge on any atom is 0.306 e. The largest absolute Gasteiger partial charge is 0.462 e. The fraction of sp³-hybridized carbons (Fsp3) is 0.870. The Labute approximate surface area is 373 Å². The van der Waals surface area contributed by atoms with E-state index in [1.165, 1.54) is 173 Å². The van der Waals surface area contributed by atoms with Gasteiger partial charge in [-0.3, -0.25) is 14.4 Å². The SMILES string of the molecule is CCCCCC/C=C/CCCCCCCC(=O)OC[C@H](COC(=O)CCCCCCCCCCCCCCCCCC)OC(=O)CCCCCCC/C=C/CCCCCC. The predicted octanol–water partition coefficient (Wildman–Crippen LogP) is 17.2. The average molecular weight is 845 g/mol. The molecule has 0 bridgehead atoms. The van der Waals surface area contributed by atoms with E-state index < -0.39 is 6.10 Å². The Morgan fingerprint density at radius 1 is 0.317 bits per heavy atom. The van der Waals surface area contributed by atoms with Crippen LogP contribution in [0.3, 0.4) is 0 Å². The third-order valence-corrected chi connectivity index (χ3v) is 11.7. The van der Waals surface area contributed by atoms with Crippen molar-refractivity contribution in [3.05, 3.63) is 24.3 Å². The van der Waals surface area contributed by atoms with E-state index in [1.807, 2.05) is 0 Å². The maximum absolute atomic E-state index is 12.8. The van der Waals surface area contributed by atoms with Crippen molar-refractivity contribution in [2.45, 2.75) is 290 Å². The summed E-state index contributed by atoms with van der Waals surface area (Å²) in [7, 11) is 0. The number of unbranched alkanes of at least 4 members (excludes halogenated alkanes) is 33. The Hall–Kier alpha value is -2.11. The summed E-state index contributed by atoms with van der Waals surface area (Å²) in [4.78, 5) is 37.9. The Morgan fingerprint density at radius 2 is 0.550 bits per heavy atom. The van der Waals surface area contributed by atoms with E-state index in [0.717, 1.165) is 70.6 Å². The van der Waals surface area contributed by atoms with Gasteiger partial charge < -0.3 is 14.2 Å². The van der Waals surface area contributed by atoms with E-state index in [1.54, 1.807) is 0 Å². The zero-order valence-corrected chi connectivity index (χ0v) is 40.2. The van der Waals surface area contributed by atoms with Crippen LogP contribution in [0.15, 0.2) is 24.3 Å². The predicted molar refractivity (Wildman–Crippen MR) is 256 cm³/mol. The zero-order chi connectivity index (χ0) is 43.7.